The molecule has 0 atom stereocenters. The van der Waals surface area contributed by atoms with Gasteiger partial charge in [-0.3, -0.25) is 0 Å². The van der Waals surface area contributed by atoms with Crippen molar-refractivity contribution in [1.29, 1.82) is 0 Å². The van der Waals surface area contributed by atoms with Crippen molar-refractivity contribution in [1.82, 2.24) is 14.9 Å². The molecule has 10 heteroatoms. The minimum atomic E-state index is -3.72. The first-order valence-electron chi connectivity index (χ1n) is 5.06. The van der Waals surface area contributed by atoms with Crippen LogP contribution in [-0.2, 0) is 16.4 Å². The van der Waals surface area contributed by atoms with Crippen LogP contribution in [0.5, 0.6) is 0 Å². The molecule has 0 aliphatic rings. The molecule has 0 aromatic carbocycles. The summed E-state index contributed by atoms with van der Waals surface area (Å²) in [7, 11) is -3.72. The third-order valence-electron chi connectivity index (χ3n) is 2.13. The lowest BCUT2D eigenvalue weighted by molar-refractivity contribution is 0.0702. The van der Waals surface area contributed by atoms with Gasteiger partial charge < -0.3 is 9.63 Å². The zero-order valence-electron chi connectivity index (χ0n) is 9.44. The van der Waals surface area contributed by atoms with Crippen molar-refractivity contribution in [3.05, 3.63) is 28.5 Å². The molecule has 0 radical (unpaired) electrons. The number of carbonyl (C=O) groups is 1. The van der Waals surface area contributed by atoms with Gasteiger partial charge in [-0.2, -0.15) is 4.98 Å². The predicted octanol–water partition coefficient (Wildman–Crippen LogP) is 0.350. The van der Waals surface area contributed by atoms with Crippen LogP contribution in [-0.4, -0.2) is 36.2 Å². The minimum Gasteiger partial charge on any atom is -0.477 e. The highest BCUT2D eigenvalue weighted by atomic mass is 32.2. The van der Waals surface area contributed by atoms with E-state index < -0.39 is 16.0 Å². The molecule has 0 fully saturated rings. The van der Waals surface area contributed by atoms with Gasteiger partial charge in [-0.1, -0.05) is 5.16 Å². The number of aromatic carboxylic acids is 1. The molecule has 8 nitrogen and oxygen atoms in total. The zero-order valence-corrected chi connectivity index (χ0v) is 11.1. The Morgan fingerprint density at radius 2 is 2.32 bits per heavy atom. The molecule has 0 unspecified atom stereocenters. The lowest BCUT2D eigenvalue weighted by Gasteiger charge is -2.02. The van der Waals surface area contributed by atoms with Gasteiger partial charge in [0.25, 0.3) is 0 Å². The van der Waals surface area contributed by atoms with Gasteiger partial charge in [-0.05, 0) is 6.07 Å². The largest absolute Gasteiger partial charge is 0.477 e. The van der Waals surface area contributed by atoms with Crippen LogP contribution >= 0.6 is 11.3 Å². The Morgan fingerprint density at radius 3 is 2.89 bits per heavy atom. The van der Waals surface area contributed by atoms with E-state index in [1.54, 1.807) is 0 Å². The SMILES string of the molecule is O=C(O)c1cc(S(=O)(=O)NCCc2ncno2)cs1. The fourth-order valence-electron chi connectivity index (χ4n) is 1.25. The Hall–Kier alpha value is -1.78. The highest BCUT2D eigenvalue weighted by Gasteiger charge is 2.18. The summed E-state index contributed by atoms with van der Waals surface area (Å²) >= 11 is 0.856. The average Bonchev–Trinajstić information content (AvgIpc) is 2.99. The number of carboxylic acid groups (broad SMARTS) is 1. The summed E-state index contributed by atoms with van der Waals surface area (Å²) in [4.78, 5) is 14.3. The van der Waals surface area contributed by atoms with Gasteiger partial charge in [0.15, 0.2) is 6.33 Å². The number of aromatic nitrogens is 2. The fraction of sp³-hybridized carbons (Fsp3) is 0.222. The second-order valence-electron chi connectivity index (χ2n) is 3.43. The van der Waals surface area contributed by atoms with Gasteiger partial charge in [-0.25, -0.2) is 17.9 Å². The molecule has 2 rings (SSSR count). The average molecular weight is 303 g/mol. The highest BCUT2D eigenvalue weighted by Crippen LogP contribution is 2.18. The molecule has 0 spiro atoms. The maximum atomic E-state index is 11.8. The second kappa shape index (κ2) is 5.47. The monoisotopic (exact) mass is 303 g/mol. The number of rotatable bonds is 6. The highest BCUT2D eigenvalue weighted by molar-refractivity contribution is 7.89. The standard InChI is InChI=1S/C9H9N3O5S2/c13-9(14)7-3-6(4-18-7)19(15,16)12-2-1-8-10-5-11-17-8/h3-5,12H,1-2H2,(H,13,14). The van der Waals surface area contributed by atoms with Crippen LogP contribution in [0.4, 0.5) is 0 Å². The first-order valence-corrected chi connectivity index (χ1v) is 7.42. The Balaban J connectivity index is 1.99. The van der Waals surface area contributed by atoms with Crippen LogP contribution in [0.1, 0.15) is 15.6 Å². The molecular weight excluding hydrogens is 294 g/mol. The lowest BCUT2D eigenvalue weighted by atomic mass is 10.4. The number of sulfonamides is 1. The van der Waals surface area contributed by atoms with Gasteiger partial charge >= 0.3 is 5.97 Å². The quantitative estimate of drug-likeness (QED) is 0.789. The van der Waals surface area contributed by atoms with Gasteiger partial charge in [0.2, 0.25) is 15.9 Å². The van der Waals surface area contributed by atoms with Gasteiger partial charge in [0, 0.05) is 18.3 Å². The van der Waals surface area contributed by atoms with Crippen LogP contribution in [0.2, 0.25) is 0 Å². The van der Waals surface area contributed by atoms with E-state index in [1.807, 2.05) is 0 Å². The zero-order chi connectivity index (χ0) is 13.9. The van der Waals surface area contributed by atoms with Crippen LogP contribution in [0.25, 0.3) is 0 Å². The van der Waals surface area contributed by atoms with Crippen molar-refractivity contribution in [3.8, 4) is 0 Å². The van der Waals surface area contributed by atoms with E-state index >= 15 is 0 Å². The van der Waals surface area contributed by atoms with E-state index in [-0.39, 0.29) is 22.7 Å². The summed E-state index contributed by atoms with van der Waals surface area (Å²) < 4.78 is 30.7. The molecular formula is C9H9N3O5S2. The number of hydrogen-bond acceptors (Lipinski definition) is 7. The second-order valence-corrected chi connectivity index (χ2v) is 6.11. The van der Waals surface area contributed by atoms with E-state index in [2.05, 4.69) is 14.9 Å². The Kier molecular flexibility index (Phi) is 3.93. The summed E-state index contributed by atoms with van der Waals surface area (Å²) in [5, 5.41) is 13.4. The number of carboxylic acids is 1. The van der Waals surface area contributed by atoms with Crippen molar-refractivity contribution in [2.45, 2.75) is 11.3 Å². The smallest absolute Gasteiger partial charge is 0.345 e. The molecule has 0 saturated carbocycles. The van der Waals surface area contributed by atoms with Crippen molar-refractivity contribution in [3.63, 3.8) is 0 Å². The third kappa shape index (κ3) is 3.36. The molecule has 2 aromatic heterocycles. The number of nitrogens with one attached hydrogen (secondary N) is 1. The normalized spacial score (nSPS) is 11.6. The molecule has 19 heavy (non-hydrogen) atoms. The van der Waals surface area contributed by atoms with Crippen LogP contribution in [0.15, 0.2) is 27.2 Å². The van der Waals surface area contributed by atoms with Crippen molar-refractivity contribution < 1.29 is 22.8 Å². The lowest BCUT2D eigenvalue weighted by Crippen LogP contribution is -2.25. The Bertz CT molecular complexity index is 662. The van der Waals surface area contributed by atoms with Crippen molar-refractivity contribution >= 4 is 27.3 Å². The molecule has 0 amide bonds. The van der Waals surface area contributed by atoms with Crippen LogP contribution in [0, 0.1) is 0 Å². The molecule has 2 N–H and O–H groups in total. The van der Waals surface area contributed by atoms with Gasteiger partial charge in [-0.15, -0.1) is 11.3 Å². The van der Waals surface area contributed by atoms with E-state index in [4.69, 9.17) is 9.63 Å². The van der Waals surface area contributed by atoms with E-state index in [1.165, 1.54) is 11.7 Å². The molecule has 102 valence electrons. The minimum absolute atomic E-state index is 0.0303. The van der Waals surface area contributed by atoms with E-state index in [0.29, 0.717) is 5.89 Å². The van der Waals surface area contributed by atoms with Crippen LogP contribution in [0.3, 0.4) is 0 Å². The number of hydrogen-bond donors (Lipinski definition) is 2. The molecule has 2 heterocycles. The summed E-state index contributed by atoms with van der Waals surface area (Å²) in [5.41, 5.74) is 0. The molecule has 0 aliphatic heterocycles. The summed E-state index contributed by atoms with van der Waals surface area (Å²) in [6, 6.07) is 1.11. The predicted molar refractivity (Wildman–Crippen MR) is 64.5 cm³/mol. The molecule has 0 bridgehead atoms. The Morgan fingerprint density at radius 1 is 1.53 bits per heavy atom. The van der Waals surface area contributed by atoms with Crippen LogP contribution < -0.4 is 4.72 Å². The fourth-order valence-corrected chi connectivity index (χ4v) is 3.40. The van der Waals surface area contributed by atoms with Gasteiger partial charge in [0.1, 0.15) is 4.88 Å². The summed E-state index contributed by atoms with van der Waals surface area (Å²) in [6.45, 7) is 0.0861. The first-order chi connectivity index (χ1) is 8.99. The topological polar surface area (TPSA) is 122 Å². The van der Waals surface area contributed by atoms with Crippen molar-refractivity contribution in [2.75, 3.05) is 6.54 Å². The van der Waals surface area contributed by atoms with E-state index in [9.17, 15) is 13.2 Å². The number of nitrogens with zero attached hydrogens (tertiary/aromatic N) is 2. The maximum Gasteiger partial charge on any atom is 0.345 e. The number of thiophene rings is 1. The molecule has 0 saturated heterocycles. The molecule has 0 aliphatic carbocycles. The summed E-state index contributed by atoms with van der Waals surface area (Å²) in [5.74, 6) is -0.837. The first kappa shape index (κ1) is 13.6. The third-order valence-corrected chi connectivity index (χ3v) is 4.64. The summed E-state index contributed by atoms with van der Waals surface area (Å²) in [6.07, 6.45) is 1.48. The van der Waals surface area contributed by atoms with E-state index in [0.717, 1.165) is 17.4 Å². The Labute approximate surface area is 112 Å². The maximum absolute atomic E-state index is 11.8. The van der Waals surface area contributed by atoms with Crippen molar-refractivity contribution in [2.24, 2.45) is 0 Å². The molecule has 2 aromatic rings. The van der Waals surface area contributed by atoms with Gasteiger partial charge in [0.05, 0.1) is 4.90 Å².